The van der Waals surface area contributed by atoms with Gasteiger partial charge in [-0.05, 0) is 25.1 Å². The number of hydrogen-bond donors (Lipinski definition) is 2. The molecule has 3 amide bonds. The molecule has 0 aliphatic carbocycles. The number of hydrogen-bond acceptors (Lipinski definition) is 4. The van der Waals surface area contributed by atoms with Crippen LogP contribution in [0.4, 0.5) is 23.7 Å². The Morgan fingerprint density at radius 3 is 2.52 bits per heavy atom. The summed E-state index contributed by atoms with van der Waals surface area (Å²) in [4.78, 5) is 27.7. The van der Waals surface area contributed by atoms with Gasteiger partial charge in [-0.2, -0.15) is 13.2 Å². The third kappa shape index (κ3) is 7.37. The molecule has 0 aromatic heterocycles. The van der Waals surface area contributed by atoms with Crippen molar-refractivity contribution in [3.8, 4) is 0 Å². The Bertz CT molecular complexity index is 710. The highest BCUT2D eigenvalue weighted by molar-refractivity contribution is 6.31. The van der Waals surface area contributed by atoms with Crippen LogP contribution in [0.2, 0.25) is 5.02 Å². The first-order valence-corrected chi connectivity index (χ1v) is 9.58. The van der Waals surface area contributed by atoms with Crippen LogP contribution in [-0.2, 0) is 15.7 Å². The molecule has 0 unspecified atom stereocenters. The van der Waals surface area contributed by atoms with E-state index in [1.807, 2.05) is 11.8 Å². The number of anilines is 1. The molecule has 1 heterocycles. The summed E-state index contributed by atoms with van der Waals surface area (Å²) in [7, 11) is 0. The van der Waals surface area contributed by atoms with Crippen LogP contribution < -0.4 is 10.6 Å². The molecule has 0 bridgehead atoms. The van der Waals surface area contributed by atoms with E-state index in [0.29, 0.717) is 45.9 Å². The number of halogens is 4. The number of ether oxygens (including phenoxy) is 1. The standard InChI is InChI=1S/C18H24ClF3N4O3/c1-2-29-10-5-23-17(28)26-8-6-25(7-9-26)12-16(27)24-13-3-4-15(19)14(11-13)18(20,21)22/h3-4,11H,2,5-10,12H2,1H3,(H,23,28)(H,24,27). The summed E-state index contributed by atoms with van der Waals surface area (Å²) < 4.78 is 43.9. The number of alkyl halides is 3. The van der Waals surface area contributed by atoms with E-state index >= 15 is 0 Å². The van der Waals surface area contributed by atoms with Crippen molar-refractivity contribution in [1.29, 1.82) is 0 Å². The van der Waals surface area contributed by atoms with Crippen molar-refractivity contribution in [3.05, 3.63) is 28.8 Å². The van der Waals surface area contributed by atoms with E-state index < -0.39 is 22.7 Å². The van der Waals surface area contributed by atoms with E-state index in [9.17, 15) is 22.8 Å². The van der Waals surface area contributed by atoms with Gasteiger partial charge in [0.2, 0.25) is 5.91 Å². The fraction of sp³-hybridized carbons (Fsp3) is 0.556. The quantitative estimate of drug-likeness (QED) is 0.644. The molecule has 0 saturated carbocycles. The molecule has 1 aliphatic heterocycles. The molecule has 1 aliphatic rings. The molecule has 11 heteroatoms. The van der Waals surface area contributed by atoms with Gasteiger partial charge in [0.25, 0.3) is 0 Å². The molecule has 1 aromatic carbocycles. The smallest absolute Gasteiger partial charge is 0.380 e. The van der Waals surface area contributed by atoms with E-state index in [-0.39, 0.29) is 18.3 Å². The van der Waals surface area contributed by atoms with Crippen LogP contribution >= 0.6 is 11.6 Å². The lowest BCUT2D eigenvalue weighted by molar-refractivity contribution is -0.137. The van der Waals surface area contributed by atoms with Gasteiger partial charge >= 0.3 is 12.2 Å². The first-order valence-electron chi connectivity index (χ1n) is 9.20. The van der Waals surface area contributed by atoms with Gasteiger partial charge in [-0.15, -0.1) is 0 Å². The number of piperazine rings is 1. The maximum Gasteiger partial charge on any atom is 0.417 e. The second-order valence-electron chi connectivity index (χ2n) is 6.43. The molecule has 0 spiro atoms. The maximum atomic E-state index is 12.9. The summed E-state index contributed by atoms with van der Waals surface area (Å²) in [5, 5.41) is 4.79. The minimum Gasteiger partial charge on any atom is -0.380 e. The first kappa shape index (κ1) is 23.2. The zero-order valence-corrected chi connectivity index (χ0v) is 16.8. The number of amides is 3. The highest BCUT2D eigenvalue weighted by Gasteiger charge is 2.33. The summed E-state index contributed by atoms with van der Waals surface area (Å²) >= 11 is 5.57. The fourth-order valence-corrected chi connectivity index (χ4v) is 3.04. The van der Waals surface area contributed by atoms with Crippen molar-refractivity contribution in [2.24, 2.45) is 0 Å². The molecule has 1 fully saturated rings. The van der Waals surface area contributed by atoms with Crippen LogP contribution in [0.3, 0.4) is 0 Å². The fourth-order valence-electron chi connectivity index (χ4n) is 2.82. The molecule has 7 nitrogen and oxygen atoms in total. The molecular formula is C18H24ClF3N4O3. The van der Waals surface area contributed by atoms with Crippen LogP contribution in [0.25, 0.3) is 0 Å². The van der Waals surface area contributed by atoms with Crippen molar-refractivity contribution in [1.82, 2.24) is 15.1 Å². The van der Waals surface area contributed by atoms with E-state index in [2.05, 4.69) is 10.6 Å². The minimum atomic E-state index is -4.60. The molecule has 1 saturated heterocycles. The van der Waals surface area contributed by atoms with Gasteiger partial charge in [-0.1, -0.05) is 11.6 Å². The predicted molar refractivity (Wildman–Crippen MR) is 103 cm³/mol. The van der Waals surface area contributed by atoms with Gasteiger partial charge in [0.1, 0.15) is 0 Å². The second-order valence-corrected chi connectivity index (χ2v) is 6.84. The molecule has 162 valence electrons. The molecular weight excluding hydrogens is 413 g/mol. The zero-order valence-electron chi connectivity index (χ0n) is 16.0. The lowest BCUT2D eigenvalue weighted by atomic mass is 10.2. The maximum absolute atomic E-state index is 12.9. The average Bonchev–Trinajstić information content (AvgIpc) is 2.66. The van der Waals surface area contributed by atoms with Crippen LogP contribution in [-0.4, -0.2) is 74.2 Å². The van der Waals surface area contributed by atoms with E-state index in [4.69, 9.17) is 16.3 Å². The van der Waals surface area contributed by atoms with Gasteiger partial charge in [-0.3, -0.25) is 9.69 Å². The average molecular weight is 437 g/mol. The van der Waals surface area contributed by atoms with Crippen molar-refractivity contribution in [2.75, 3.05) is 57.8 Å². The first-order chi connectivity index (χ1) is 13.7. The molecule has 29 heavy (non-hydrogen) atoms. The van der Waals surface area contributed by atoms with Gasteiger partial charge in [0.05, 0.1) is 23.7 Å². The monoisotopic (exact) mass is 436 g/mol. The Hall–Kier alpha value is -2.04. The summed E-state index contributed by atoms with van der Waals surface area (Å²) in [6.45, 7) is 5.23. The number of carbonyl (C=O) groups excluding carboxylic acids is 2. The Kier molecular flexibility index (Phi) is 8.54. The Morgan fingerprint density at radius 2 is 1.90 bits per heavy atom. The summed E-state index contributed by atoms with van der Waals surface area (Å²) in [6, 6.07) is 3.04. The highest BCUT2D eigenvalue weighted by atomic mass is 35.5. The van der Waals surface area contributed by atoms with E-state index in [1.54, 1.807) is 4.90 Å². The Morgan fingerprint density at radius 1 is 1.21 bits per heavy atom. The molecule has 2 N–H and O–H groups in total. The summed E-state index contributed by atoms with van der Waals surface area (Å²) in [5.41, 5.74) is -0.972. The van der Waals surface area contributed by atoms with Crippen molar-refractivity contribution in [2.45, 2.75) is 13.1 Å². The molecule has 0 radical (unpaired) electrons. The minimum absolute atomic E-state index is 0.0176. The second kappa shape index (κ2) is 10.7. The molecule has 1 aromatic rings. The van der Waals surface area contributed by atoms with Crippen molar-refractivity contribution >= 4 is 29.2 Å². The van der Waals surface area contributed by atoms with Gasteiger partial charge in [-0.25, -0.2) is 4.79 Å². The number of nitrogens with one attached hydrogen (secondary N) is 2. The third-order valence-electron chi connectivity index (χ3n) is 4.31. The number of rotatable bonds is 7. The number of nitrogens with zero attached hydrogens (tertiary/aromatic N) is 2. The number of benzene rings is 1. The van der Waals surface area contributed by atoms with Gasteiger partial charge in [0.15, 0.2) is 0 Å². The zero-order chi connectivity index (χ0) is 21.4. The van der Waals surface area contributed by atoms with Crippen LogP contribution in [0, 0.1) is 0 Å². The number of urea groups is 1. The lowest BCUT2D eigenvalue weighted by Crippen LogP contribution is -2.53. The van der Waals surface area contributed by atoms with E-state index in [1.165, 1.54) is 6.07 Å². The summed E-state index contributed by atoms with van der Waals surface area (Å²) in [6.07, 6.45) is -4.60. The Labute approximate surface area is 172 Å². The van der Waals surface area contributed by atoms with E-state index in [0.717, 1.165) is 12.1 Å². The van der Waals surface area contributed by atoms with Crippen LogP contribution in [0.5, 0.6) is 0 Å². The van der Waals surface area contributed by atoms with Crippen molar-refractivity contribution in [3.63, 3.8) is 0 Å². The van der Waals surface area contributed by atoms with Crippen molar-refractivity contribution < 1.29 is 27.5 Å². The number of carbonyl (C=O) groups is 2. The third-order valence-corrected chi connectivity index (χ3v) is 4.64. The van der Waals surface area contributed by atoms with Gasteiger partial charge < -0.3 is 20.3 Å². The van der Waals surface area contributed by atoms with Crippen LogP contribution in [0.15, 0.2) is 18.2 Å². The predicted octanol–water partition coefficient (Wildman–Crippen LogP) is 2.66. The molecule has 2 rings (SSSR count). The summed E-state index contributed by atoms with van der Waals surface area (Å²) in [5.74, 6) is -0.435. The lowest BCUT2D eigenvalue weighted by Gasteiger charge is -2.34. The Balaban J connectivity index is 1.78. The largest absolute Gasteiger partial charge is 0.417 e. The van der Waals surface area contributed by atoms with Gasteiger partial charge in [0, 0.05) is 45.0 Å². The SMILES string of the molecule is CCOCCNC(=O)N1CCN(CC(=O)Nc2ccc(Cl)c(C(F)(F)F)c2)CC1. The molecule has 0 atom stereocenters. The highest BCUT2D eigenvalue weighted by Crippen LogP contribution is 2.36. The van der Waals surface area contributed by atoms with Crippen LogP contribution in [0.1, 0.15) is 12.5 Å². The normalized spacial score (nSPS) is 15.3. The topological polar surface area (TPSA) is 73.9 Å².